The Balaban J connectivity index is 2.15. The van der Waals surface area contributed by atoms with Crippen molar-refractivity contribution in [3.63, 3.8) is 0 Å². The summed E-state index contributed by atoms with van der Waals surface area (Å²) >= 11 is 0. The maximum absolute atomic E-state index is 2.38. The predicted octanol–water partition coefficient (Wildman–Crippen LogP) is 4.97. The Morgan fingerprint density at radius 1 is 1.00 bits per heavy atom. The molecule has 0 aromatic carbocycles. The summed E-state index contributed by atoms with van der Waals surface area (Å²) in [6, 6.07) is 0. The van der Waals surface area contributed by atoms with Gasteiger partial charge >= 0.3 is 0 Å². The van der Waals surface area contributed by atoms with Crippen LogP contribution >= 0.6 is 0 Å². The molecule has 0 spiro atoms. The van der Waals surface area contributed by atoms with E-state index >= 15 is 0 Å². The zero-order chi connectivity index (χ0) is 11.3. The van der Waals surface area contributed by atoms with Crippen LogP contribution in [0.4, 0.5) is 0 Å². The van der Waals surface area contributed by atoms with E-state index in [0.29, 0.717) is 5.41 Å². The fourth-order valence-corrected chi connectivity index (χ4v) is 2.16. The Morgan fingerprint density at radius 2 is 1.67 bits per heavy atom. The molecule has 2 unspecified atom stereocenters. The van der Waals surface area contributed by atoms with E-state index in [2.05, 4.69) is 52.0 Å². The van der Waals surface area contributed by atoms with E-state index in [1.54, 1.807) is 0 Å². The van der Waals surface area contributed by atoms with Crippen molar-refractivity contribution in [2.75, 3.05) is 0 Å². The first-order chi connectivity index (χ1) is 6.99. The molecule has 0 amide bonds. The third-order valence-corrected chi connectivity index (χ3v) is 3.27. The van der Waals surface area contributed by atoms with E-state index in [1.807, 2.05) is 0 Å². The summed E-state index contributed by atoms with van der Waals surface area (Å²) in [7, 11) is 0. The second-order valence-corrected chi connectivity index (χ2v) is 6.10. The lowest BCUT2D eigenvalue weighted by Crippen LogP contribution is -2.10. The van der Waals surface area contributed by atoms with Crippen LogP contribution in [0.3, 0.4) is 0 Å². The predicted molar refractivity (Wildman–Crippen MR) is 68.9 cm³/mol. The molecular weight excluding hydrogens is 180 g/mol. The van der Waals surface area contributed by atoms with Crippen LogP contribution < -0.4 is 0 Å². The largest absolute Gasteiger partial charge is 0.0811 e. The van der Waals surface area contributed by atoms with E-state index < -0.39 is 0 Å². The van der Waals surface area contributed by atoms with Gasteiger partial charge in [0.2, 0.25) is 0 Å². The first-order valence-corrected chi connectivity index (χ1v) is 6.34. The van der Waals surface area contributed by atoms with Crippen molar-refractivity contribution >= 4 is 0 Å². The summed E-state index contributed by atoms with van der Waals surface area (Å²) in [5.74, 6) is 1.53. The molecule has 2 atom stereocenters. The van der Waals surface area contributed by atoms with Crippen LogP contribution in [0, 0.1) is 17.3 Å². The highest BCUT2D eigenvalue weighted by Crippen LogP contribution is 2.27. The minimum atomic E-state index is 0.508. The third kappa shape index (κ3) is 5.20. The summed E-state index contributed by atoms with van der Waals surface area (Å²) in [6.07, 6.45) is 14.6. The van der Waals surface area contributed by atoms with Crippen molar-refractivity contribution in [3.8, 4) is 0 Å². The highest BCUT2D eigenvalue weighted by molar-refractivity contribution is 5.13. The zero-order valence-corrected chi connectivity index (χ0v) is 10.8. The van der Waals surface area contributed by atoms with Crippen molar-refractivity contribution in [2.45, 2.75) is 53.4 Å². The van der Waals surface area contributed by atoms with Crippen LogP contribution in [0.15, 0.2) is 24.3 Å². The van der Waals surface area contributed by atoms with Gasteiger partial charge in [-0.15, -0.1) is 0 Å². The van der Waals surface area contributed by atoms with Crippen molar-refractivity contribution in [1.82, 2.24) is 0 Å². The molecule has 0 heteroatoms. The van der Waals surface area contributed by atoms with Gasteiger partial charge in [0.05, 0.1) is 0 Å². The van der Waals surface area contributed by atoms with Crippen LogP contribution in [-0.4, -0.2) is 0 Å². The molecule has 0 saturated carbocycles. The fourth-order valence-electron chi connectivity index (χ4n) is 2.16. The molecule has 1 rings (SSSR count). The molecule has 0 heterocycles. The number of rotatable bonds is 4. The summed E-state index contributed by atoms with van der Waals surface area (Å²) in [5, 5.41) is 0. The lowest BCUT2D eigenvalue weighted by atomic mass is 9.84. The van der Waals surface area contributed by atoms with E-state index in [0.717, 1.165) is 11.8 Å². The molecule has 0 bridgehead atoms. The van der Waals surface area contributed by atoms with E-state index in [1.165, 1.54) is 25.7 Å². The number of unbranched alkanes of at least 4 members (excludes halogenated alkanes) is 1. The van der Waals surface area contributed by atoms with E-state index in [9.17, 15) is 0 Å². The smallest absolute Gasteiger partial charge is 0.0170 e. The second-order valence-electron chi connectivity index (χ2n) is 6.10. The van der Waals surface area contributed by atoms with Gasteiger partial charge in [0, 0.05) is 0 Å². The lowest BCUT2D eigenvalue weighted by Gasteiger charge is -2.22. The number of hydrogen-bond acceptors (Lipinski definition) is 0. The van der Waals surface area contributed by atoms with Crippen LogP contribution in [-0.2, 0) is 0 Å². The first kappa shape index (κ1) is 12.5. The van der Waals surface area contributed by atoms with E-state index in [4.69, 9.17) is 0 Å². The summed E-state index contributed by atoms with van der Waals surface area (Å²) in [6.45, 7) is 9.32. The van der Waals surface area contributed by atoms with Crippen molar-refractivity contribution in [3.05, 3.63) is 24.3 Å². The van der Waals surface area contributed by atoms with Gasteiger partial charge in [-0.25, -0.2) is 0 Å². The van der Waals surface area contributed by atoms with Crippen molar-refractivity contribution < 1.29 is 0 Å². The Kier molecular flexibility index (Phi) is 4.63. The van der Waals surface area contributed by atoms with Crippen LogP contribution in [0.25, 0.3) is 0 Å². The van der Waals surface area contributed by atoms with Gasteiger partial charge < -0.3 is 0 Å². The van der Waals surface area contributed by atoms with Crippen LogP contribution in [0.5, 0.6) is 0 Å². The molecule has 0 N–H and O–H groups in total. The standard InChI is InChI=1S/C15H26/c1-13-9-5-6-10-14(13)11-7-8-12-15(2,3)4/h5-6,9-10,13-14H,7-8,11-12H2,1-4H3. The molecule has 0 aromatic rings. The highest BCUT2D eigenvalue weighted by Gasteiger charge is 2.14. The van der Waals surface area contributed by atoms with Crippen molar-refractivity contribution in [2.24, 2.45) is 17.3 Å². The Hall–Kier alpha value is -0.520. The van der Waals surface area contributed by atoms with Gasteiger partial charge in [0.25, 0.3) is 0 Å². The normalized spacial score (nSPS) is 25.9. The fraction of sp³-hybridized carbons (Fsp3) is 0.733. The summed E-state index contributed by atoms with van der Waals surface area (Å²) in [5.41, 5.74) is 0.508. The molecule has 0 fully saturated rings. The SMILES string of the molecule is CC1C=CC=CC1CCCCC(C)(C)C. The summed E-state index contributed by atoms with van der Waals surface area (Å²) < 4.78 is 0. The average molecular weight is 206 g/mol. The number of hydrogen-bond donors (Lipinski definition) is 0. The number of allylic oxidation sites excluding steroid dienone is 4. The Bertz CT molecular complexity index is 227. The topological polar surface area (TPSA) is 0 Å². The van der Waals surface area contributed by atoms with Gasteiger partial charge in [0.1, 0.15) is 0 Å². The van der Waals surface area contributed by atoms with Gasteiger partial charge in [-0.1, -0.05) is 64.8 Å². The Labute approximate surface area is 95.5 Å². The molecule has 86 valence electrons. The van der Waals surface area contributed by atoms with Gasteiger partial charge in [0.15, 0.2) is 0 Å². The molecule has 0 saturated heterocycles. The molecule has 15 heavy (non-hydrogen) atoms. The Morgan fingerprint density at radius 3 is 2.27 bits per heavy atom. The minimum Gasteiger partial charge on any atom is -0.0811 e. The highest BCUT2D eigenvalue weighted by atomic mass is 14.2. The second kappa shape index (κ2) is 5.53. The first-order valence-electron chi connectivity index (χ1n) is 6.34. The van der Waals surface area contributed by atoms with Gasteiger partial charge in [-0.05, 0) is 30.1 Å². The zero-order valence-electron chi connectivity index (χ0n) is 10.8. The molecule has 0 radical (unpaired) electrons. The lowest BCUT2D eigenvalue weighted by molar-refractivity contribution is 0.346. The molecule has 0 aromatic heterocycles. The molecule has 1 aliphatic rings. The van der Waals surface area contributed by atoms with Crippen LogP contribution in [0.2, 0.25) is 0 Å². The average Bonchev–Trinajstić information content (AvgIpc) is 2.13. The minimum absolute atomic E-state index is 0.508. The molecule has 1 aliphatic carbocycles. The quantitative estimate of drug-likeness (QED) is 0.570. The maximum Gasteiger partial charge on any atom is -0.0170 e. The van der Waals surface area contributed by atoms with Crippen LogP contribution in [0.1, 0.15) is 53.4 Å². The maximum atomic E-state index is 2.38. The van der Waals surface area contributed by atoms with Gasteiger partial charge in [-0.3, -0.25) is 0 Å². The van der Waals surface area contributed by atoms with Gasteiger partial charge in [-0.2, -0.15) is 0 Å². The molecule has 0 nitrogen and oxygen atoms in total. The van der Waals surface area contributed by atoms with Crippen molar-refractivity contribution in [1.29, 1.82) is 0 Å². The molecule has 0 aliphatic heterocycles. The third-order valence-electron chi connectivity index (χ3n) is 3.27. The monoisotopic (exact) mass is 206 g/mol. The summed E-state index contributed by atoms with van der Waals surface area (Å²) in [4.78, 5) is 0. The molecular formula is C15H26. The van der Waals surface area contributed by atoms with E-state index in [-0.39, 0.29) is 0 Å².